The van der Waals surface area contributed by atoms with E-state index in [1.54, 1.807) is 7.11 Å². The summed E-state index contributed by atoms with van der Waals surface area (Å²) in [6.45, 7) is 8.86. The lowest BCUT2D eigenvalue weighted by Crippen LogP contribution is -2.32. The SMILES string of the molecule is CCC1(c2nc3cc(OC)ccc3n2C(C)C)CCNC1. The Kier molecular flexibility index (Phi) is 3.66. The summed E-state index contributed by atoms with van der Waals surface area (Å²) in [4.78, 5) is 5.01. The maximum absolute atomic E-state index is 5.35. The van der Waals surface area contributed by atoms with Gasteiger partial charge in [-0.2, -0.15) is 0 Å². The monoisotopic (exact) mass is 287 g/mol. The minimum atomic E-state index is 0.163. The molecule has 0 amide bonds. The lowest BCUT2D eigenvalue weighted by molar-refractivity contribution is 0.394. The first-order valence-electron chi connectivity index (χ1n) is 7.88. The van der Waals surface area contributed by atoms with Crippen molar-refractivity contribution in [3.8, 4) is 5.75 Å². The van der Waals surface area contributed by atoms with E-state index < -0.39 is 0 Å². The molecule has 1 fully saturated rings. The number of methoxy groups -OCH3 is 1. The Labute approximate surface area is 126 Å². The maximum atomic E-state index is 5.35. The highest BCUT2D eigenvalue weighted by Gasteiger charge is 2.38. The van der Waals surface area contributed by atoms with Crippen LogP contribution in [0, 0.1) is 0 Å². The predicted octanol–water partition coefficient (Wildman–Crippen LogP) is 3.27. The fraction of sp³-hybridized carbons (Fsp3) is 0.588. The second kappa shape index (κ2) is 5.34. The first-order chi connectivity index (χ1) is 10.1. The van der Waals surface area contributed by atoms with Crippen molar-refractivity contribution in [1.82, 2.24) is 14.9 Å². The number of ether oxygens (including phenoxy) is 1. The van der Waals surface area contributed by atoms with E-state index in [-0.39, 0.29) is 5.41 Å². The smallest absolute Gasteiger partial charge is 0.121 e. The van der Waals surface area contributed by atoms with E-state index in [2.05, 4.69) is 36.7 Å². The van der Waals surface area contributed by atoms with Crippen LogP contribution in [0.2, 0.25) is 0 Å². The van der Waals surface area contributed by atoms with Gasteiger partial charge in [0.1, 0.15) is 11.6 Å². The van der Waals surface area contributed by atoms with Crippen molar-refractivity contribution in [2.45, 2.75) is 45.1 Å². The van der Waals surface area contributed by atoms with Gasteiger partial charge in [-0.1, -0.05) is 6.92 Å². The minimum absolute atomic E-state index is 0.163. The Morgan fingerprint density at radius 2 is 2.24 bits per heavy atom. The lowest BCUT2D eigenvalue weighted by atomic mass is 9.83. The fourth-order valence-electron chi connectivity index (χ4n) is 3.50. The van der Waals surface area contributed by atoms with Crippen molar-refractivity contribution in [2.75, 3.05) is 20.2 Å². The highest BCUT2D eigenvalue weighted by atomic mass is 16.5. The topological polar surface area (TPSA) is 39.1 Å². The van der Waals surface area contributed by atoms with Crippen LogP contribution in [0.3, 0.4) is 0 Å². The van der Waals surface area contributed by atoms with E-state index in [9.17, 15) is 0 Å². The molecule has 1 unspecified atom stereocenters. The average molecular weight is 287 g/mol. The third-order valence-corrected chi connectivity index (χ3v) is 4.81. The summed E-state index contributed by atoms with van der Waals surface area (Å²) >= 11 is 0. The lowest BCUT2D eigenvalue weighted by Gasteiger charge is -2.28. The molecule has 1 N–H and O–H groups in total. The van der Waals surface area contributed by atoms with Crippen LogP contribution < -0.4 is 10.1 Å². The average Bonchev–Trinajstić information content (AvgIpc) is 3.11. The number of imidazole rings is 1. The zero-order valence-electron chi connectivity index (χ0n) is 13.4. The minimum Gasteiger partial charge on any atom is -0.497 e. The molecule has 1 aliphatic heterocycles. The second-order valence-electron chi connectivity index (χ2n) is 6.31. The molecule has 2 aromatic rings. The van der Waals surface area contributed by atoms with E-state index in [1.165, 1.54) is 11.3 Å². The highest BCUT2D eigenvalue weighted by molar-refractivity contribution is 5.78. The van der Waals surface area contributed by atoms with Gasteiger partial charge in [0.25, 0.3) is 0 Å². The molecule has 0 spiro atoms. The Balaban J connectivity index is 2.23. The number of benzene rings is 1. The summed E-state index contributed by atoms with van der Waals surface area (Å²) < 4.78 is 7.76. The standard InChI is InChI=1S/C17H25N3O/c1-5-17(8-9-18-11-17)16-19-14-10-13(21-4)6-7-15(14)20(16)12(2)3/h6-7,10,12,18H,5,8-9,11H2,1-4H3. The summed E-state index contributed by atoms with van der Waals surface area (Å²) in [6.07, 6.45) is 2.28. The van der Waals surface area contributed by atoms with Crippen molar-refractivity contribution in [3.05, 3.63) is 24.0 Å². The number of nitrogens with zero attached hydrogens (tertiary/aromatic N) is 2. The molecular formula is C17H25N3O. The molecule has 1 aromatic carbocycles. The van der Waals surface area contributed by atoms with Gasteiger partial charge < -0.3 is 14.6 Å². The number of rotatable bonds is 4. The Morgan fingerprint density at radius 1 is 1.43 bits per heavy atom. The predicted molar refractivity (Wildman–Crippen MR) is 86.1 cm³/mol. The van der Waals surface area contributed by atoms with E-state index in [0.29, 0.717) is 6.04 Å². The summed E-state index contributed by atoms with van der Waals surface area (Å²) in [6, 6.07) is 6.61. The van der Waals surface area contributed by atoms with Gasteiger partial charge in [0.2, 0.25) is 0 Å². The zero-order chi connectivity index (χ0) is 15.0. The number of nitrogens with one attached hydrogen (secondary N) is 1. The van der Waals surface area contributed by atoms with Gasteiger partial charge in [0.05, 0.1) is 18.1 Å². The highest BCUT2D eigenvalue weighted by Crippen LogP contribution is 2.37. The Hall–Kier alpha value is -1.55. The van der Waals surface area contributed by atoms with E-state index in [1.807, 2.05) is 12.1 Å². The van der Waals surface area contributed by atoms with E-state index in [0.717, 1.165) is 37.2 Å². The quantitative estimate of drug-likeness (QED) is 0.938. The summed E-state index contributed by atoms with van der Waals surface area (Å²) in [5, 5.41) is 3.52. The first-order valence-corrected chi connectivity index (χ1v) is 7.88. The van der Waals surface area contributed by atoms with Crippen LogP contribution >= 0.6 is 0 Å². The van der Waals surface area contributed by atoms with Crippen molar-refractivity contribution in [2.24, 2.45) is 0 Å². The van der Waals surface area contributed by atoms with Crippen molar-refractivity contribution in [3.63, 3.8) is 0 Å². The van der Waals surface area contributed by atoms with Crippen LogP contribution in [0.1, 0.15) is 45.5 Å². The van der Waals surface area contributed by atoms with Gasteiger partial charge in [-0.25, -0.2) is 4.98 Å². The molecule has 1 atom stereocenters. The number of hydrogen-bond acceptors (Lipinski definition) is 3. The fourth-order valence-corrected chi connectivity index (χ4v) is 3.50. The molecule has 1 aliphatic rings. The number of hydrogen-bond donors (Lipinski definition) is 1. The van der Waals surface area contributed by atoms with Crippen molar-refractivity contribution >= 4 is 11.0 Å². The normalized spacial score (nSPS) is 22.3. The first kappa shape index (κ1) is 14.4. The molecule has 2 heterocycles. The van der Waals surface area contributed by atoms with Crippen LogP contribution in [-0.2, 0) is 5.41 Å². The van der Waals surface area contributed by atoms with Crippen LogP contribution in [0.15, 0.2) is 18.2 Å². The van der Waals surface area contributed by atoms with E-state index >= 15 is 0 Å². The molecular weight excluding hydrogens is 262 g/mol. The van der Waals surface area contributed by atoms with Crippen molar-refractivity contribution in [1.29, 1.82) is 0 Å². The van der Waals surface area contributed by atoms with Crippen molar-refractivity contribution < 1.29 is 4.74 Å². The van der Waals surface area contributed by atoms with Crippen LogP contribution in [0.25, 0.3) is 11.0 Å². The van der Waals surface area contributed by atoms with E-state index in [4.69, 9.17) is 9.72 Å². The van der Waals surface area contributed by atoms with Gasteiger partial charge in [0, 0.05) is 24.1 Å². The molecule has 0 radical (unpaired) electrons. The summed E-state index contributed by atoms with van der Waals surface area (Å²) in [7, 11) is 1.70. The number of fused-ring (bicyclic) bond motifs is 1. The second-order valence-corrected chi connectivity index (χ2v) is 6.31. The van der Waals surface area contributed by atoms with Crippen LogP contribution in [0.5, 0.6) is 5.75 Å². The largest absolute Gasteiger partial charge is 0.497 e. The molecule has 114 valence electrons. The molecule has 0 bridgehead atoms. The zero-order valence-corrected chi connectivity index (χ0v) is 13.4. The third kappa shape index (κ3) is 2.22. The Morgan fingerprint density at radius 3 is 2.81 bits per heavy atom. The number of aromatic nitrogens is 2. The Bertz CT molecular complexity index is 639. The molecule has 3 rings (SSSR count). The van der Waals surface area contributed by atoms with Gasteiger partial charge in [0.15, 0.2) is 0 Å². The van der Waals surface area contributed by atoms with Crippen LogP contribution in [-0.4, -0.2) is 29.8 Å². The summed E-state index contributed by atoms with van der Waals surface area (Å²) in [5.41, 5.74) is 2.41. The molecule has 1 aromatic heterocycles. The molecule has 1 saturated heterocycles. The molecule has 0 aliphatic carbocycles. The van der Waals surface area contributed by atoms with Gasteiger partial charge in [-0.05, 0) is 45.4 Å². The molecule has 21 heavy (non-hydrogen) atoms. The van der Waals surface area contributed by atoms with Crippen LogP contribution in [0.4, 0.5) is 0 Å². The molecule has 4 nitrogen and oxygen atoms in total. The van der Waals surface area contributed by atoms with Gasteiger partial charge in [-0.15, -0.1) is 0 Å². The van der Waals surface area contributed by atoms with Gasteiger partial charge >= 0.3 is 0 Å². The molecule has 4 heteroatoms. The molecule has 0 saturated carbocycles. The van der Waals surface area contributed by atoms with Gasteiger partial charge in [-0.3, -0.25) is 0 Å². The summed E-state index contributed by atoms with van der Waals surface area (Å²) in [5.74, 6) is 2.10. The third-order valence-electron chi connectivity index (χ3n) is 4.81. The maximum Gasteiger partial charge on any atom is 0.121 e.